The molecule has 10 nitrogen and oxygen atoms in total. The van der Waals surface area contributed by atoms with Crippen molar-refractivity contribution in [2.45, 2.75) is 79.1 Å². The third-order valence-corrected chi connectivity index (χ3v) is 9.12. The molecular formula is C32H44N6O4. The number of rotatable bonds is 11. The lowest BCUT2D eigenvalue weighted by Gasteiger charge is -2.31. The number of H-pyrrole nitrogens is 1. The molecule has 2 aliphatic carbocycles. The van der Waals surface area contributed by atoms with Crippen LogP contribution in [0.4, 0.5) is 21.2 Å². The Labute approximate surface area is 247 Å². The molecule has 2 bridgehead atoms. The number of aromatic nitrogens is 2. The molecule has 2 atom stereocenters. The summed E-state index contributed by atoms with van der Waals surface area (Å²) < 4.78 is 0. The van der Waals surface area contributed by atoms with Gasteiger partial charge in [-0.05, 0) is 72.3 Å². The van der Waals surface area contributed by atoms with Crippen LogP contribution in [-0.4, -0.2) is 40.9 Å². The number of benzene rings is 1. The third kappa shape index (κ3) is 6.91. The molecule has 5 N–H and O–H groups in total. The number of Topliss-reactive ketones (excluding diaryl/α,β-unsaturated/α-hetero) is 1. The Bertz CT molecular complexity index is 1390. The molecule has 0 aliphatic heterocycles. The van der Waals surface area contributed by atoms with Crippen molar-refractivity contribution in [2.24, 2.45) is 16.7 Å². The van der Waals surface area contributed by atoms with Gasteiger partial charge in [-0.25, -0.2) is 14.6 Å². The summed E-state index contributed by atoms with van der Waals surface area (Å²) in [6.07, 6.45) is 7.48. The SMILES string of the molecule is CC(C)c1cc(=O)[nH]c(NC(=O)NCCCCCCNC(=O)Nc2ccc(C=C3C(=O)C4(C)CCC3C4(C)C)cc2)n1. The first-order valence-corrected chi connectivity index (χ1v) is 15.0. The number of carbonyl (C=O) groups excluding carboxylic acids is 3. The molecule has 2 fully saturated rings. The van der Waals surface area contributed by atoms with E-state index in [1.807, 2.05) is 44.2 Å². The van der Waals surface area contributed by atoms with E-state index >= 15 is 0 Å². The molecule has 1 aromatic heterocycles. The number of nitrogens with zero attached hydrogens (tertiary/aromatic N) is 1. The van der Waals surface area contributed by atoms with Crippen molar-refractivity contribution in [3.8, 4) is 0 Å². The number of hydrogen-bond acceptors (Lipinski definition) is 5. The fourth-order valence-corrected chi connectivity index (χ4v) is 6.10. The smallest absolute Gasteiger partial charge is 0.321 e. The normalized spacial score (nSPS) is 21.5. The van der Waals surface area contributed by atoms with Crippen LogP contribution < -0.4 is 26.8 Å². The Morgan fingerprint density at radius 3 is 2.17 bits per heavy atom. The van der Waals surface area contributed by atoms with E-state index in [4.69, 9.17) is 0 Å². The zero-order valence-corrected chi connectivity index (χ0v) is 25.4. The predicted molar refractivity (Wildman–Crippen MR) is 165 cm³/mol. The van der Waals surface area contributed by atoms with Crippen molar-refractivity contribution in [3.63, 3.8) is 0 Å². The van der Waals surface area contributed by atoms with Gasteiger partial charge in [-0.15, -0.1) is 0 Å². The molecule has 226 valence electrons. The summed E-state index contributed by atoms with van der Waals surface area (Å²) in [5.74, 6) is 0.796. The molecule has 0 spiro atoms. The van der Waals surface area contributed by atoms with E-state index in [2.05, 4.69) is 52.0 Å². The van der Waals surface area contributed by atoms with Crippen molar-refractivity contribution in [2.75, 3.05) is 23.7 Å². The predicted octanol–water partition coefficient (Wildman–Crippen LogP) is 5.81. The first-order chi connectivity index (χ1) is 19.9. The van der Waals surface area contributed by atoms with Gasteiger partial charge in [0.25, 0.3) is 5.56 Å². The number of allylic oxidation sites excluding steroid dienone is 1. The number of carbonyl (C=O) groups is 3. The second kappa shape index (κ2) is 12.9. The summed E-state index contributed by atoms with van der Waals surface area (Å²) in [6.45, 7) is 11.4. The van der Waals surface area contributed by atoms with Crippen LogP contribution >= 0.6 is 0 Å². The van der Waals surface area contributed by atoms with Gasteiger partial charge in [-0.2, -0.15) is 0 Å². The van der Waals surface area contributed by atoms with Gasteiger partial charge in [0.2, 0.25) is 5.95 Å². The minimum absolute atomic E-state index is 0.00897. The number of urea groups is 2. The van der Waals surface area contributed by atoms with Crippen LogP contribution in [0.2, 0.25) is 0 Å². The van der Waals surface area contributed by atoms with E-state index < -0.39 is 6.03 Å². The van der Waals surface area contributed by atoms with Gasteiger partial charge in [0.05, 0.1) is 5.69 Å². The maximum absolute atomic E-state index is 13.1. The second-order valence-electron chi connectivity index (χ2n) is 12.5. The average Bonchev–Trinajstić information content (AvgIpc) is 3.24. The lowest BCUT2D eigenvalue weighted by Crippen LogP contribution is -2.32. The quantitative estimate of drug-likeness (QED) is 0.169. The van der Waals surface area contributed by atoms with Gasteiger partial charge in [0, 0.05) is 30.3 Å². The molecule has 2 aliphatic rings. The lowest BCUT2D eigenvalue weighted by molar-refractivity contribution is -0.125. The van der Waals surface area contributed by atoms with E-state index in [-0.39, 0.29) is 40.1 Å². The molecule has 2 saturated carbocycles. The molecule has 1 aromatic carbocycles. The van der Waals surface area contributed by atoms with E-state index in [9.17, 15) is 19.2 Å². The Morgan fingerprint density at radius 2 is 1.60 bits per heavy atom. The van der Waals surface area contributed by atoms with Crippen LogP contribution in [0.15, 0.2) is 40.7 Å². The fraction of sp³-hybridized carbons (Fsp3) is 0.531. The number of anilines is 2. The summed E-state index contributed by atoms with van der Waals surface area (Å²) in [6, 6.07) is 8.33. The third-order valence-electron chi connectivity index (χ3n) is 9.12. The van der Waals surface area contributed by atoms with Crippen molar-refractivity contribution in [3.05, 3.63) is 57.5 Å². The molecule has 4 rings (SSSR count). The Kier molecular flexibility index (Phi) is 9.53. The van der Waals surface area contributed by atoms with E-state index in [1.54, 1.807) is 0 Å². The zero-order chi connectivity index (χ0) is 30.5. The monoisotopic (exact) mass is 576 g/mol. The topological polar surface area (TPSA) is 145 Å². The average molecular weight is 577 g/mol. The number of amides is 4. The molecule has 10 heteroatoms. The van der Waals surface area contributed by atoms with Crippen LogP contribution in [-0.2, 0) is 4.79 Å². The van der Waals surface area contributed by atoms with Gasteiger partial charge >= 0.3 is 12.1 Å². The summed E-state index contributed by atoms with van der Waals surface area (Å²) in [7, 11) is 0. The number of hydrogen-bond donors (Lipinski definition) is 5. The molecule has 2 unspecified atom stereocenters. The van der Waals surface area contributed by atoms with Crippen LogP contribution in [0.1, 0.15) is 90.3 Å². The summed E-state index contributed by atoms with van der Waals surface area (Å²) in [5, 5.41) is 11.1. The highest BCUT2D eigenvalue weighted by Gasteiger charge is 2.63. The highest BCUT2D eigenvalue weighted by Crippen LogP contribution is 2.65. The summed E-state index contributed by atoms with van der Waals surface area (Å²) in [4.78, 5) is 55.9. The molecule has 2 aromatic rings. The van der Waals surface area contributed by atoms with Gasteiger partial charge in [-0.1, -0.05) is 59.6 Å². The maximum atomic E-state index is 13.1. The molecular weight excluding hydrogens is 532 g/mol. The van der Waals surface area contributed by atoms with Crippen LogP contribution in [0.3, 0.4) is 0 Å². The van der Waals surface area contributed by atoms with Gasteiger partial charge < -0.3 is 16.0 Å². The van der Waals surface area contributed by atoms with Gasteiger partial charge in [0.15, 0.2) is 5.78 Å². The van der Waals surface area contributed by atoms with E-state index in [0.717, 1.165) is 49.7 Å². The van der Waals surface area contributed by atoms with Crippen molar-refractivity contribution in [1.82, 2.24) is 20.6 Å². The minimum Gasteiger partial charge on any atom is -0.338 e. The van der Waals surface area contributed by atoms with Crippen LogP contribution in [0, 0.1) is 16.7 Å². The number of ketones is 1. The van der Waals surface area contributed by atoms with Crippen molar-refractivity contribution in [1.29, 1.82) is 0 Å². The molecule has 0 saturated heterocycles. The van der Waals surface area contributed by atoms with Gasteiger partial charge in [-0.3, -0.25) is 19.9 Å². The summed E-state index contributed by atoms with van der Waals surface area (Å²) >= 11 is 0. The Hall–Kier alpha value is -3.95. The van der Waals surface area contributed by atoms with Crippen LogP contribution in [0.5, 0.6) is 0 Å². The van der Waals surface area contributed by atoms with E-state index in [1.165, 1.54) is 6.07 Å². The fourth-order valence-electron chi connectivity index (χ4n) is 6.10. The van der Waals surface area contributed by atoms with Crippen molar-refractivity contribution >= 4 is 35.6 Å². The standard InChI is InChI=1S/C32H44N6O4/c1-20(2)25-19-26(39)37-28(36-25)38-30(42)34-17-9-7-6-8-16-33-29(41)35-22-12-10-21(11-13-22)18-23-24-14-15-32(5,27(23)40)31(24,3)4/h10-13,18-20,24H,6-9,14-17H2,1-5H3,(H2,33,35,41)(H3,34,36,37,38,39,42). The van der Waals surface area contributed by atoms with Gasteiger partial charge in [0.1, 0.15) is 0 Å². The van der Waals surface area contributed by atoms with Crippen LogP contribution in [0.25, 0.3) is 6.08 Å². The first kappa shape index (κ1) is 31.0. The molecule has 0 radical (unpaired) electrons. The number of unbranched alkanes of at least 4 members (excludes halogenated alkanes) is 3. The number of fused-ring (bicyclic) bond motifs is 2. The lowest BCUT2D eigenvalue weighted by atomic mass is 9.70. The second-order valence-corrected chi connectivity index (χ2v) is 12.5. The van der Waals surface area contributed by atoms with Crippen molar-refractivity contribution < 1.29 is 14.4 Å². The Balaban J connectivity index is 1.09. The highest BCUT2D eigenvalue weighted by atomic mass is 16.2. The zero-order valence-electron chi connectivity index (χ0n) is 25.4. The first-order valence-electron chi connectivity index (χ1n) is 15.0. The highest BCUT2D eigenvalue weighted by molar-refractivity contribution is 6.08. The summed E-state index contributed by atoms with van der Waals surface area (Å²) in [5.41, 5.74) is 2.64. The van der Waals surface area contributed by atoms with E-state index in [0.29, 0.717) is 30.4 Å². The number of nitrogens with one attached hydrogen (secondary N) is 5. The molecule has 4 amide bonds. The molecule has 1 heterocycles. The largest absolute Gasteiger partial charge is 0.338 e. The Morgan fingerprint density at radius 1 is 0.976 bits per heavy atom. The maximum Gasteiger partial charge on any atom is 0.321 e. The number of aromatic amines is 1. The molecule has 42 heavy (non-hydrogen) atoms. The minimum atomic E-state index is -0.417.